The van der Waals surface area contributed by atoms with Crippen LogP contribution in [0.25, 0.3) is 17.0 Å². The molecular formula is C23H20F3N3O3. The fraction of sp³-hybridized carbons (Fsp3) is 0.174. The number of carbonyl (C=O) groups is 2. The lowest BCUT2D eigenvalue weighted by molar-refractivity contribution is -0.137. The molecule has 3 rings (SSSR count). The van der Waals surface area contributed by atoms with Gasteiger partial charge < -0.3 is 16.2 Å². The van der Waals surface area contributed by atoms with Gasteiger partial charge in [-0.25, -0.2) is 4.79 Å². The van der Waals surface area contributed by atoms with E-state index in [1.165, 1.54) is 30.4 Å². The van der Waals surface area contributed by atoms with E-state index in [0.29, 0.717) is 40.7 Å². The van der Waals surface area contributed by atoms with Gasteiger partial charge in [0.15, 0.2) is 0 Å². The van der Waals surface area contributed by atoms with Crippen LogP contribution in [-0.4, -0.2) is 22.0 Å². The van der Waals surface area contributed by atoms with Crippen molar-refractivity contribution in [2.45, 2.75) is 25.9 Å². The zero-order chi connectivity index (χ0) is 23.5. The van der Waals surface area contributed by atoms with E-state index in [9.17, 15) is 27.9 Å². The average molecular weight is 443 g/mol. The van der Waals surface area contributed by atoms with Gasteiger partial charge in [-0.3, -0.25) is 9.78 Å². The number of carbonyl (C=O) groups excluding carboxylic acids is 1. The van der Waals surface area contributed by atoms with E-state index in [1.54, 1.807) is 12.1 Å². The normalized spacial score (nSPS) is 11.8. The summed E-state index contributed by atoms with van der Waals surface area (Å²) in [4.78, 5) is 28.3. The zero-order valence-electron chi connectivity index (χ0n) is 17.0. The number of alkyl halides is 3. The number of nitrogens with zero attached hydrogens (tertiary/aromatic N) is 1. The predicted octanol–water partition coefficient (Wildman–Crippen LogP) is 5.14. The van der Waals surface area contributed by atoms with E-state index in [4.69, 9.17) is 5.73 Å². The fourth-order valence-corrected chi connectivity index (χ4v) is 3.21. The zero-order valence-corrected chi connectivity index (χ0v) is 17.0. The molecule has 0 atom stereocenters. The molecule has 0 saturated carbocycles. The third kappa shape index (κ3) is 5.05. The highest BCUT2D eigenvalue weighted by atomic mass is 19.4. The molecule has 0 fully saturated rings. The summed E-state index contributed by atoms with van der Waals surface area (Å²) in [6, 6.07) is 9.16. The van der Waals surface area contributed by atoms with Crippen molar-refractivity contribution in [3.05, 3.63) is 70.9 Å². The van der Waals surface area contributed by atoms with Gasteiger partial charge in [0.2, 0.25) is 5.91 Å². The van der Waals surface area contributed by atoms with Crippen LogP contribution < -0.4 is 11.1 Å². The molecule has 1 amide bonds. The summed E-state index contributed by atoms with van der Waals surface area (Å²) in [5.74, 6) is -1.69. The van der Waals surface area contributed by atoms with E-state index in [1.807, 2.05) is 6.92 Å². The van der Waals surface area contributed by atoms with Crippen LogP contribution in [0.15, 0.2) is 48.5 Å². The Morgan fingerprint density at radius 3 is 2.44 bits per heavy atom. The molecule has 0 aliphatic heterocycles. The van der Waals surface area contributed by atoms with Crippen LogP contribution in [0, 0.1) is 0 Å². The molecule has 0 saturated heterocycles. The van der Waals surface area contributed by atoms with Gasteiger partial charge >= 0.3 is 12.1 Å². The minimum absolute atomic E-state index is 0.0509. The third-order valence-electron chi connectivity index (χ3n) is 4.73. The maximum absolute atomic E-state index is 12.6. The Morgan fingerprint density at radius 2 is 1.84 bits per heavy atom. The van der Waals surface area contributed by atoms with Crippen molar-refractivity contribution in [1.29, 1.82) is 0 Å². The van der Waals surface area contributed by atoms with Gasteiger partial charge in [0.05, 0.1) is 22.5 Å². The Balaban J connectivity index is 1.81. The quantitative estimate of drug-likeness (QED) is 0.458. The highest BCUT2D eigenvalue weighted by Gasteiger charge is 2.29. The van der Waals surface area contributed by atoms with E-state index >= 15 is 0 Å². The van der Waals surface area contributed by atoms with Crippen molar-refractivity contribution in [3.63, 3.8) is 0 Å². The minimum Gasteiger partial charge on any atom is -0.478 e. The molecule has 3 aromatic rings. The van der Waals surface area contributed by atoms with E-state index in [2.05, 4.69) is 10.3 Å². The third-order valence-corrected chi connectivity index (χ3v) is 4.73. The lowest BCUT2D eigenvalue weighted by Crippen LogP contribution is -2.11. The molecule has 0 aliphatic carbocycles. The molecular weight excluding hydrogens is 423 g/mol. The Kier molecular flexibility index (Phi) is 6.47. The van der Waals surface area contributed by atoms with Crippen LogP contribution in [0.4, 0.5) is 24.5 Å². The Bertz CT molecular complexity index is 1200. The molecule has 0 bridgehead atoms. The molecule has 6 nitrogen and oxygen atoms in total. The number of nitrogens with one attached hydrogen (secondary N) is 1. The number of hydrogen-bond acceptors (Lipinski definition) is 4. The van der Waals surface area contributed by atoms with Gasteiger partial charge in [-0.05, 0) is 48.4 Å². The first-order chi connectivity index (χ1) is 15.1. The molecule has 0 aliphatic rings. The molecule has 166 valence electrons. The number of nitrogen functional groups attached to an aromatic ring is 1. The number of aromatic carboxylic acids is 1. The fourth-order valence-electron chi connectivity index (χ4n) is 3.21. The molecule has 1 aromatic heterocycles. The molecule has 0 spiro atoms. The largest absolute Gasteiger partial charge is 0.478 e. The summed E-state index contributed by atoms with van der Waals surface area (Å²) in [6.07, 6.45) is -0.690. The van der Waals surface area contributed by atoms with Gasteiger partial charge in [0.1, 0.15) is 5.56 Å². The molecule has 32 heavy (non-hydrogen) atoms. The highest BCUT2D eigenvalue weighted by molar-refractivity contribution is 6.07. The van der Waals surface area contributed by atoms with Crippen molar-refractivity contribution in [2.24, 2.45) is 0 Å². The number of aromatic nitrogens is 1. The van der Waals surface area contributed by atoms with Crippen molar-refractivity contribution in [3.8, 4) is 0 Å². The first-order valence-corrected chi connectivity index (χ1v) is 9.72. The van der Waals surface area contributed by atoms with E-state index in [-0.39, 0.29) is 11.3 Å². The molecule has 2 aromatic carbocycles. The second kappa shape index (κ2) is 9.09. The van der Waals surface area contributed by atoms with Crippen molar-refractivity contribution >= 4 is 40.2 Å². The minimum atomic E-state index is -4.43. The number of anilines is 2. The number of fused-ring (bicyclic) bond motifs is 1. The van der Waals surface area contributed by atoms with Crippen LogP contribution in [-0.2, 0) is 17.4 Å². The molecule has 1 heterocycles. The predicted molar refractivity (Wildman–Crippen MR) is 116 cm³/mol. The van der Waals surface area contributed by atoms with Crippen LogP contribution in [0.2, 0.25) is 0 Å². The summed E-state index contributed by atoms with van der Waals surface area (Å²) in [6.45, 7) is 1.91. The van der Waals surface area contributed by atoms with Crippen molar-refractivity contribution in [1.82, 2.24) is 4.98 Å². The standard InChI is InChI=1S/C23H20F3N3O3/c1-2-3-18-20(22(31)32)21(27)16-12-15(9-10-17(16)29-18)28-19(30)11-6-13-4-7-14(8-5-13)23(24,25)26/h4-12H,2-3H2,1H3,(H2,27,29)(H,28,30)(H,31,32)/b11-6+. The number of nitrogens with two attached hydrogens (primary N) is 1. The number of hydrogen-bond donors (Lipinski definition) is 3. The molecule has 9 heteroatoms. The molecule has 4 N–H and O–H groups in total. The average Bonchev–Trinajstić information content (AvgIpc) is 2.72. The maximum atomic E-state index is 12.6. The SMILES string of the molecule is CCCc1nc2ccc(NC(=O)/C=C/c3ccc(C(F)(F)F)cc3)cc2c(N)c1C(=O)O. The van der Waals surface area contributed by atoms with E-state index < -0.39 is 23.6 Å². The number of benzene rings is 2. The van der Waals surface area contributed by atoms with Gasteiger partial charge in [-0.15, -0.1) is 0 Å². The maximum Gasteiger partial charge on any atom is 0.416 e. The number of halogens is 3. The topological polar surface area (TPSA) is 105 Å². The first-order valence-electron chi connectivity index (χ1n) is 9.72. The Hall–Kier alpha value is -3.88. The number of aryl methyl sites for hydroxylation is 1. The van der Waals surface area contributed by atoms with Crippen LogP contribution in [0.1, 0.15) is 40.5 Å². The second-order valence-corrected chi connectivity index (χ2v) is 7.08. The highest BCUT2D eigenvalue weighted by Crippen LogP contribution is 2.30. The number of pyridine rings is 1. The number of rotatable bonds is 6. The number of carboxylic acids is 1. The monoisotopic (exact) mass is 443 g/mol. The number of carboxylic acid groups (broad SMARTS) is 1. The van der Waals surface area contributed by atoms with Gasteiger partial charge in [-0.1, -0.05) is 25.5 Å². The van der Waals surface area contributed by atoms with Gasteiger partial charge in [-0.2, -0.15) is 13.2 Å². The Morgan fingerprint density at radius 1 is 1.16 bits per heavy atom. The van der Waals surface area contributed by atoms with Crippen molar-refractivity contribution < 1.29 is 27.9 Å². The summed E-state index contributed by atoms with van der Waals surface area (Å²) < 4.78 is 37.9. The molecule has 0 unspecified atom stereocenters. The number of amides is 1. The van der Waals surface area contributed by atoms with Crippen LogP contribution in [0.3, 0.4) is 0 Å². The van der Waals surface area contributed by atoms with Gasteiger partial charge in [0.25, 0.3) is 0 Å². The summed E-state index contributed by atoms with van der Waals surface area (Å²) in [7, 11) is 0. The first kappa shape index (κ1) is 22.8. The van der Waals surface area contributed by atoms with Crippen molar-refractivity contribution in [2.75, 3.05) is 11.1 Å². The Labute approximate surface area is 181 Å². The second-order valence-electron chi connectivity index (χ2n) is 7.08. The van der Waals surface area contributed by atoms with E-state index in [0.717, 1.165) is 12.1 Å². The smallest absolute Gasteiger partial charge is 0.416 e. The van der Waals surface area contributed by atoms with Crippen LogP contribution in [0.5, 0.6) is 0 Å². The summed E-state index contributed by atoms with van der Waals surface area (Å²) in [5.41, 5.74) is 7.05. The lowest BCUT2D eigenvalue weighted by atomic mass is 10.0. The van der Waals surface area contributed by atoms with Crippen LogP contribution >= 0.6 is 0 Å². The summed E-state index contributed by atoms with van der Waals surface area (Å²) >= 11 is 0. The lowest BCUT2D eigenvalue weighted by Gasteiger charge is -2.12. The van der Waals surface area contributed by atoms with Gasteiger partial charge in [0, 0.05) is 17.1 Å². The molecule has 0 radical (unpaired) electrons. The summed E-state index contributed by atoms with van der Waals surface area (Å²) in [5, 5.41) is 12.5.